The Kier molecular flexibility index (Phi) is 7.35. The molecule has 4 heterocycles. The average molecular weight is 589 g/mol. The van der Waals surface area contributed by atoms with Crippen molar-refractivity contribution in [1.82, 2.24) is 19.9 Å². The lowest BCUT2D eigenvalue weighted by atomic mass is 9.99. The molecular formula is C31H29FN4O5S. The third kappa shape index (κ3) is 5.19. The van der Waals surface area contributed by atoms with Crippen LogP contribution in [0.2, 0.25) is 0 Å². The maximum Gasteiger partial charge on any atom is 0.488 e. The molecule has 216 valence electrons. The van der Waals surface area contributed by atoms with Gasteiger partial charge in [-0.05, 0) is 62.7 Å². The summed E-state index contributed by atoms with van der Waals surface area (Å²) < 4.78 is 48.5. The molecular weight excluding hydrogens is 559 g/mol. The van der Waals surface area contributed by atoms with E-state index in [4.69, 9.17) is 11.2 Å². The third-order valence-corrected chi connectivity index (χ3v) is 8.06. The molecule has 0 atom stereocenters. The molecule has 1 fully saturated rings. The fraction of sp³-hybridized carbons (Fsp3) is 0.290. The van der Waals surface area contributed by atoms with Gasteiger partial charge >= 0.3 is 10.5 Å². The van der Waals surface area contributed by atoms with Gasteiger partial charge in [-0.15, -0.1) is 6.42 Å². The van der Waals surface area contributed by atoms with E-state index in [0.29, 0.717) is 51.0 Å². The lowest BCUT2D eigenvalue weighted by Gasteiger charge is -2.28. The molecule has 42 heavy (non-hydrogen) atoms. The first-order chi connectivity index (χ1) is 20.3. The van der Waals surface area contributed by atoms with Gasteiger partial charge in [0.1, 0.15) is 11.4 Å². The van der Waals surface area contributed by atoms with Gasteiger partial charge in [0.2, 0.25) is 0 Å². The molecule has 0 amide bonds. The number of nitrogens with zero attached hydrogens (tertiary/aromatic N) is 2. The van der Waals surface area contributed by atoms with Gasteiger partial charge < -0.3 is 23.8 Å². The average Bonchev–Trinajstić information content (AvgIpc) is 3.35. The summed E-state index contributed by atoms with van der Waals surface area (Å²) in [5.41, 5.74) is 3.74. The van der Waals surface area contributed by atoms with Gasteiger partial charge in [-0.1, -0.05) is 29.2 Å². The summed E-state index contributed by atoms with van der Waals surface area (Å²) in [7, 11) is -5.25. The second kappa shape index (κ2) is 11.1. The van der Waals surface area contributed by atoms with Crippen LogP contribution in [0.15, 0.2) is 53.6 Å². The highest BCUT2D eigenvalue weighted by atomic mass is 32.3. The molecule has 2 N–H and O–H groups in total. The van der Waals surface area contributed by atoms with Crippen molar-refractivity contribution >= 4 is 43.3 Å². The van der Waals surface area contributed by atoms with Gasteiger partial charge in [0.25, 0.3) is 0 Å². The number of unbranched alkanes of at least 4 members (excludes halogenated alkanes) is 1. The number of hydrogen-bond donors (Lipinski definition) is 2. The number of halogens is 1. The Morgan fingerprint density at radius 3 is 2.69 bits per heavy atom. The van der Waals surface area contributed by atoms with E-state index in [9.17, 15) is 17.1 Å². The van der Waals surface area contributed by atoms with Crippen LogP contribution >= 0.6 is 0 Å². The van der Waals surface area contributed by atoms with Crippen LogP contribution in [0.1, 0.15) is 44.2 Å². The third-order valence-electron chi connectivity index (χ3n) is 7.66. The van der Waals surface area contributed by atoms with Gasteiger partial charge in [0.15, 0.2) is 11.2 Å². The molecule has 0 spiro atoms. The first-order valence-corrected chi connectivity index (χ1v) is 15.2. The van der Waals surface area contributed by atoms with E-state index in [2.05, 4.69) is 30.0 Å². The summed E-state index contributed by atoms with van der Waals surface area (Å²) >= 11 is 0. The fourth-order valence-corrected chi connectivity index (χ4v) is 6.05. The predicted molar refractivity (Wildman–Crippen MR) is 161 cm³/mol. The van der Waals surface area contributed by atoms with Crippen molar-refractivity contribution in [3.63, 3.8) is 0 Å². The Morgan fingerprint density at radius 1 is 1.14 bits per heavy atom. The summed E-state index contributed by atoms with van der Waals surface area (Å²) in [5.74, 6) is 2.81. The van der Waals surface area contributed by atoms with E-state index in [1.165, 1.54) is 12.3 Å². The summed E-state index contributed by atoms with van der Waals surface area (Å²) in [6.45, 7) is 4.11. The van der Waals surface area contributed by atoms with Crippen LogP contribution in [0.5, 0.6) is 11.5 Å². The monoisotopic (exact) mass is 588 g/mol. The zero-order chi connectivity index (χ0) is 29.4. The minimum absolute atomic E-state index is 0.0844. The first-order valence-electron chi connectivity index (χ1n) is 13.8. The number of hydrogen-bond acceptors (Lipinski definition) is 7. The van der Waals surface area contributed by atoms with Gasteiger partial charge in [0.05, 0.1) is 29.1 Å². The van der Waals surface area contributed by atoms with Crippen molar-refractivity contribution in [2.45, 2.75) is 38.6 Å². The standard InChI is InChI=1S/C31H29FN4O5S/c1-3-5-12-40-28-16-25-27(15-24(28)20-14-22(18-34-17-20)41-42(32,38)39)36(21-8-10-33-11-9-21)31-29(30(25)37)23-7-6-19(4-2)13-26(23)35-31/h2,6-7,13-18,21,33,35H,3,5,8-12H2,1H3. The lowest BCUT2D eigenvalue weighted by molar-refractivity contribution is 0.311. The normalized spacial score (nSPS) is 14.4. The summed E-state index contributed by atoms with van der Waals surface area (Å²) in [4.78, 5) is 21.8. The largest absolute Gasteiger partial charge is 0.493 e. The summed E-state index contributed by atoms with van der Waals surface area (Å²) in [6, 6.07) is 10.7. The van der Waals surface area contributed by atoms with E-state index in [1.54, 1.807) is 6.07 Å². The second-order valence-electron chi connectivity index (χ2n) is 10.4. The van der Waals surface area contributed by atoms with Crippen molar-refractivity contribution in [2.75, 3.05) is 19.7 Å². The number of pyridine rings is 2. The highest BCUT2D eigenvalue weighted by Crippen LogP contribution is 2.39. The van der Waals surface area contributed by atoms with Crippen molar-refractivity contribution < 1.29 is 21.2 Å². The molecule has 0 aliphatic carbocycles. The molecule has 1 aliphatic rings. The number of rotatable bonds is 8. The molecule has 11 heteroatoms. The van der Waals surface area contributed by atoms with E-state index in [-0.39, 0.29) is 17.2 Å². The minimum atomic E-state index is -5.25. The summed E-state index contributed by atoms with van der Waals surface area (Å²) in [5, 5.41) is 5.26. The van der Waals surface area contributed by atoms with Crippen molar-refractivity contribution in [3.8, 4) is 35.0 Å². The lowest BCUT2D eigenvalue weighted by Crippen LogP contribution is -2.30. The van der Waals surface area contributed by atoms with Crippen molar-refractivity contribution in [2.24, 2.45) is 0 Å². The number of benzene rings is 2. The van der Waals surface area contributed by atoms with Crippen LogP contribution < -0.4 is 19.7 Å². The van der Waals surface area contributed by atoms with Gasteiger partial charge in [-0.3, -0.25) is 9.78 Å². The molecule has 0 saturated carbocycles. The Hall–Kier alpha value is -4.40. The van der Waals surface area contributed by atoms with E-state index in [1.807, 2.05) is 31.2 Å². The van der Waals surface area contributed by atoms with Crippen LogP contribution in [0, 0.1) is 12.3 Å². The molecule has 1 saturated heterocycles. The number of terminal acetylenes is 1. The molecule has 0 bridgehead atoms. The van der Waals surface area contributed by atoms with E-state index in [0.717, 1.165) is 55.9 Å². The van der Waals surface area contributed by atoms with Gasteiger partial charge in [0, 0.05) is 39.8 Å². The SMILES string of the molecule is C#Cc1ccc2c(c1)[nH]c1c2c(=O)c2cc(OCCCC)c(-c3cncc(OS(=O)(=O)F)c3)cc2n1C1CCNCC1. The summed E-state index contributed by atoms with van der Waals surface area (Å²) in [6.07, 6.45) is 11.7. The second-order valence-corrected chi connectivity index (χ2v) is 11.3. The first kappa shape index (κ1) is 27.8. The number of piperidine rings is 1. The van der Waals surface area contributed by atoms with E-state index < -0.39 is 10.5 Å². The zero-order valence-electron chi connectivity index (χ0n) is 22.9. The Labute approximate surface area is 242 Å². The number of ether oxygens (including phenoxy) is 1. The number of fused-ring (bicyclic) bond motifs is 4. The van der Waals surface area contributed by atoms with E-state index >= 15 is 0 Å². The molecule has 3 aromatic heterocycles. The quantitative estimate of drug-likeness (QED) is 0.142. The smallest absolute Gasteiger partial charge is 0.488 e. The van der Waals surface area contributed by atoms with Crippen molar-refractivity contribution in [1.29, 1.82) is 0 Å². The minimum Gasteiger partial charge on any atom is -0.493 e. The van der Waals surface area contributed by atoms with Crippen LogP contribution in [0.3, 0.4) is 0 Å². The Bertz CT molecular complexity index is 2040. The maximum atomic E-state index is 14.2. The van der Waals surface area contributed by atoms with Crippen LogP contribution in [-0.2, 0) is 10.5 Å². The van der Waals surface area contributed by atoms with Crippen LogP contribution in [0.4, 0.5) is 3.89 Å². The highest BCUT2D eigenvalue weighted by Gasteiger charge is 2.25. The van der Waals surface area contributed by atoms with Gasteiger partial charge in [-0.25, -0.2) is 0 Å². The maximum absolute atomic E-state index is 14.2. The van der Waals surface area contributed by atoms with Crippen molar-refractivity contribution in [3.05, 3.63) is 64.6 Å². The molecule has 1 aliphatic heterocycles. The van der Waals surface area contributed by atoms with Crippen LogP contribution in [-0.4, -0.2) is 42.6 Å². The number of nitrogens with one attached hydrogen (secondary N) is 2. The predicted octanol–water partition coefficient (Wildman–Crippen LogP) is 5.38. The number of aromatic nitrogens is 3. The Balaban J connectivity index is 1.68. The molecule has 0 unspecified atom stereocenters. The molecule has 6 rings (SSSR count). The Morgan fingerprint density at radius 2 is 1.95 bits per heavy atom. The number of H-pyrrole nitrogens is 1. The fourth-order valence-electron chi connectivity index (χ4n) is 5.73. The molecule has 0 radical (unpaired) electrons. The number of aromatic amines is 1. The molecule has 9 nitrogen and oxygen atoms in total. The molecule has 5 aromatic rings. The zero-order valence-corrected chi connectivity index (χ0v) is 23.8. The van der Waals surface area contributed by atoms with Gasteiger partial charge in [-0.2, -0.15) is 8.42 Å². The van der Waals surface area contributed by atoms with Crippen LogP contribution in [0.25, 0.3) is 44.0 Å². The molecule has 2 aromatic carbocycles. The highest BCUT2D eigenvalue weighted by molar-refractivity contribution is 7.81. The topological polar surface area (TPSA) is 115 Å².